The van der Waals surface area contributed by atoms with E-state index in [2.05, 4.69) is 6.07 Å². The molecule has 1 aromatic rings. The van der Waals surface area contributed by atoms with Crippen molar-refractivity contribution < 1.29 is 14.7 Å². The average Bonchev–Trinajstić information content (AvgIpc) is 2.29. The number of fused-ring (bicyclic) bond motifs is 1. The largest absolute Gasteiger partial charge is 0.475 e. The van der Waals surface area contributed by atoms with Gasteiger partial charge in [-0.05, 0) is 42.4 Å². The molecule has 0 aliphatic heterocycles. The van der Waals surface area contributed by atoms with Crippen molar-refractivity contribution in [3.8, 4) is 0 Å². The number of ketones is 1. The molecule has 0 unspecified atom stereocenters. The van der Waals surface area contributed by atoms with E-state index in [0.29, 0.717) is 0 Å². The van der Waals surface area contributed by atoms with Crippen LogP contribution in [0.1, 0.15) is 29.5 Å². The lowest BCUT2D eigenvalue weighted by Gasteiger charge is -2.18. The van der Waals surface area contributed by atoms with E-state index >= 15 is 0 Å². The lowest BCUT2D eigenvalue weighted by molar-refractivity contribution is -0.148. The number of carboxylic acid groups (broad SMARTS) is 1. The van der Waals surface area contributed by atoms with E-state index in [1.54, 1.807) is 0 Å². The van der Waals surface area contributed by atoms with E-state index in [9.17, 15) is 9.59 Å². The van der Waals surface area contributed by atoms with Gasteiger partial charge in [-0.25, -0.2) is 4.79 Å². The van der Waals surface area contributed by atoms with Crippen LogP contribution in [0.5, 0.6) is 0 Å². The van der Waals surface area contributed by atoms with E-state index in [1.165, 1.54) is 17.5 Å². The Morgan fingerprint density at radius 2 is 1.94 bits per heavy atom. The zero-order chi connectivity index (χ0) is 11.5. The Kier molecular flexibility index (Phi) is 3.04. The molecule has 3 heteroatoms. The molecule has 0 aromatic heterocycles. The first-order valence-electron chi connectivity index (χ1n) is 5.54. The third-order valence-electron chi connectivity index (χ3n) is 3.08. The van der Waals surface area contributed by atoms with E-state index in [-0.39, 0.29) is 6.42 Å². The number of benzene rings is 1. The molecule has 0 heterocycles. The van der Waals surface area contributed by atoms with Crippen molar-refractivity contribution in [2.75, 3.05) is 0 Å². The van der Waals surface area contributed by atoms with Gasteiger partial charge in [0.15, 0.2) is 0 Å². The van der Waals surface area contributed by atoms with Gasteiger partial charge < -0.3 is 5.11 Å². The molecule has 0 bridgehead atoms. The van der Waals surface area contributed by atoms with E-state index in [1.807, 2.05) is 12.1 Å². The quantitative estimate of drug-likeness (QED) is 0.786. The summed E-state index contributed by atoms with van der Waals surface area (Å²) >= 11 is 0. The van der Waals surface area contributed by atoms with Crippen molar-refractivity contribution >= 4 is 11.8 Å². The van der Waals surface area contributed by atoms with Gasteiger partial charge in [0.05, 0.1) is 0 Å². The Labute approximate surface area is 94.1 Å². The maximum Gasteiger partial charge on any atom is 0.372 e. The molecule has 0 radical (unpaired) electrons. The molecule has 0 amide bonds. The summed E-state index contributed by atoms with van der Waals surface area (Å²) in [6.07, 6.45) is 4.36. The van der Waals surface area contributed by atoms with Crippen LogP contribution in [0.15, 0.2) is 18.2 Å². The molecule has 3 nitrogen and oxygen atoms in total. The second-order valence-electron chi connectivity index (χ2n) is 4.17. The van der Waals surface area contributed by atoms with Crippen molar-refractivity contribution in [1.82, 2.24) is 0 Å². The zero-order valence-corrected chi connectivity index (χ0v) is 9.03. The van der Waals surface area contributed by atoms with Gasteiger partial charge in [0.1, 0.15) is 0 Å². The highest BCUT2D eigenvalue weighted by Crippen LogP contribution is 2.24. The van der Waals surface area contributed by atoms with E-state index < -0.39 is 11.8 Å². The molecular formula is C13H14O3. The number of carbonyl (C=O) groups excluding carboxylic acids is 1. The Bertz CT molecular complexity index is 435. The average molecular weight is 218 g/mol. The Morgan fingerprint density at radius 1 is 1.19 bits per heavy atom. The van der Waals surface area contributed by atoms with Crippen LogP contribution in [-0.2, 0) is 28.9 Å². The van der Waals surface area contributed by atoms with Gasteiger partial charge in [-0.3, -0.25) is 4.79 Å². The monoisotopic (exact) mass is 218 g/mol. The summed E-state index contributed by atoms with van der Waals surface area (Å²) < 4.78 is 0. The highest BCUT2D eigenvalue weighted by Gasteiger charge is 2.17. The summed E-state index contributed by atoms with van der Waals surface area (Å²) in [7, 11) is 0. The number of hydrogen-bond donors (Lipinski definition) is 1. The van der Waals surface area contributed by atoms with Crippen molar-refractivity contribution in [3.05, 3.63) is 34.9 Å². The molecule has 0 fully saturated rings. The van der Waals surface area contributed by atoms with Crippen LogP contribution in [0.25, 0.3) is 0 Å². The van der Waals surface area contributed by atoms with Crippen molar-refractivity contribution in [1.29, 1.82) is 0 Å². The summed E-state index contributed by atoms with van der Waals surface area (Å²) in [4.78, 5) is 21.7. The van der Waals surface area contributed by atoms with Crippen molar-refractivity contribution in [2.24, 2.45) is 0 Å². The standard InChI is InChI=1S/C13H14O3/c14-12(13(15)16)8-10-6-3-5-9-4-1-2-7-11(9)10/h3,5-6H,1-2,4,7-8H2,(H,15,16). The topological polar surface area (TPSA) is 54.4 Å². The zero-order valence-electron chi connectivity index (χ0n) is 9.03. The van der Waals surface area contributed by atoms with Gasteiger partial charge in [0.25, 0.3) is 0 Å². The third-order valence-corrected chi connectivity index (χ3v) is 3.08. The molecule has 1 aromatic carbocycles. The van der Waals surface area contributed by atoms with Crippen LogP contribution < -0.4 is 0 Å². The minimum Gasteiger partial charge on any atom is -0.475 e. The van der Waals surface area contributed by atoms with Gasteiger partial charge in [-0.2, -0.15) is 0 Å². The van der Waals surface area contributed by atoms with Gasteiger partial charge in [-0.15, -0.1) is 0 Å². The van der Waals surface area contributed by atoms with Crippen LogP contribution in [0.3, 0.4) is 0 Å². The Hall–Kier alpha value is -1.64. The van der Waals surface area contributed by atoms with Gasteiger partial charge in [0.2, 0.25) is 5.78 Å². The summed E-state index contributed by atoms with van der Waals surface area (Å²) in [5.74, 6) is -2.06. The normalized spacial score (nSPS) is 14.2. The molecule has 1 N–H and O–H groups in total. The Balaban J connectivity index is 2.27. The minimum absolute atomic E-state index is 0.0263. The first-order chi connectivity index (χ1) is 7.68. The Morgan fingerprint density at radius 3 is 2.69 bits per heavy atom. The van der Waals surface area contributed by atoms with Crippen molar-refractivity contribution in [2.45, 2.75) is 32.1 Å². The number of carbonyl (C=O) groups is 2. The summed E-state index contributed by atoms with van der Waals surface area (Å²) in [6.45, 7) is 0. The maximum absolute atomic E-state index is 11.2. The van der Waals surface area contributed by atoms with E-state index in [4.69, 9.17) is 5.11 Å². The molecule has 1 aliphatic carbocycles. The minimum atomic E-state index is -1.34. The third kappa shape index (κ3) is 2.13. The number of aryl methyl sites for hydroxylation is 1. The van der Waals surface area contributed by atoms with Crippen LogP contribution in [0.2, 0.25) is 0 Å². The predicted octanol–water partition coefficient (Wildman–Crippen LogP) is 1.76. The lowest BCUT2D eigenvalue weighted by atomic mass is 9.87. The smallest absolute Gasteiger partial charge is 0.372 e. The molecular weight excluding hydrogens is 204 g/mol. The van der Waals surface area contributed by atoms with Crippen LogP contribution in [-0.4, -0.2) is 16.9 Å². The second-order valence-corrected chi connectivity index (χ2v) is 4.17. The first-order valence-corrected chi connectivity index (χ1v) is 5.54. The summed E-state index contributed by atoms with van der Waals surface area (Å²) in [6, 6.07) is 5.85. The molecule has 16 heavy (non-hydrogen) atoms. The molecule has 0 saturated heterocycles. The van der Waals surface area contributed by atoms with Crippen LogP contribution >= 0.6 is 0 Å². The maximum atomic E-state index is 11.2. The highest BCUT2D eigenvalue weighted by molar-refractivity contribution is 6.33. The van der Waals surface area contributed by atoms with Gasteiger partial charge >= 0.3 is 5.97 Å². The number of Topliss-reactive ketones (excluding diaryl/α,β-unsaturated/α-hetero) is 1. The summed E-state index contributed by atoms with van der Waals surface area (Å²) in [5, 5.41) is 8.60. The van der Waals surface area contributed by atoms with E-state index in [0.717, 1.165) is 24.8 Å². The summed E-state index contributed by atoms with van der Waals surface area (Å²) in [5.41, 5.74) is 3.37. The number of aliphatic carboxylic acids is 1. The molecule has 0 spiro atoms. The number of rotatable bonds is 3. The second kappa shape index (κ2) is 4.47. The molecule has 1 aliphatic rings. The molecule has 0 saturated carbocycles. The van der Waals surface area contributed by atoms with Gasteiger partial charge in [0, 0.05) is 6.42 Å². The predicted molar refractivity (Wildman–Crippen MR) is 59.4 cm³/mol. The molecule has 84 valence electrons. The SMILES string of the molecule is O=C(O)C(=O)Cc1cccc2c1CCCC2. The number of hydrogen-bond acceptors (Lipinski definition) is 2. The fraction of sp³-hybridized carbons (Fsp3) is 0.385. The molecule has 0 atom stereocenters. The van der Waals surface area contributed by atoms with Crippen molar-refractivity contribution in [3.63, 3.8) is 0 Å². The van der Waals surface area contributed by atoms with Crippen LogP contribution in [0, 0.1) is 0 Å². The highest BCUT2D eigenvalue weighted by atomic mass is 16.4. The number of carboxylic acids is 1. The fourth-order valence-corrected chi connectivity index (χ4v) is 2.27. The van der Waals surface area contributed by atoms with Gasteiger partial charge in [-0.1, -0.05) is 18.2 Å². The fourth-order valence-electron chi connectivity index (χ4n) is 2.27. The lowest BCUT2D eigenvalue weighted by Crippen LogP contribution is -2.17. The first kappa shape index (κ1) is 10.9. The molecule has 2 rings (SSSR count). The van der Waals surface area contributed by atoms with Crippen LogP contribution in [0.4, 0.5) is 0 Å².